The third-order valence-corrected chi connectivity index (χ3v) is 20.8. The maximum atomic E-state index is 5.13. The van der Waals surface area contributed by atoms with Gasteiger partial charge in [-0.2, -0.15) is 0 Å². The van der Waals surface area contributed by atoms with Gasteiger partial charge >= 0.3 is 0 Å². The Kier molecular flexibility index (Phi) is 17.6. The largest absolute Gasteiger partial charge is 0.208 e. The fraction of sp³-hybridized carbons (Fsp3) is 0. The van der Waals surface area contributed by atoms with E-state index in [4.69, 9.17) is 29.9 Å². The quantitative estimate of drug-likeness (QED) is 0.114. The minimum absolute atomic E-state index is 0.630. The molecule has 20 aromatic rings. The van der Waals surface area contributed by atoms with Gasteiger partial charge < -0.3 is 0 Å². The summed E-state index contributed by atoms with van der Waals surface area (Å²) in [6.07, 6.45) is 0. The van der Waals surface area contributed by atoms with E-state index in [0.29, 0.717) is 34.9 Å². The van der Waals surface area contributed by atoms with Crippen LogP contribution in [-0.4, -0.2) is 29.9 Å². The standard InChI is InChI=1S/C53H35N3.C51H33N3/c1-3-11-36(12-4-1)39-21-24-40(25-22-39)51-54-52(49-19-9-17-42(34-49)37-13-5-2-6-14-37)56-53(55-51)50-20-10-18-43(35-50)44-27-28-48-33-47(30-29-46(48)32-44)45-26-23-38-15-7-8-16-41(38)31-45;1-2-10-34(11-3-1)36-20-23-38(24-21-36)49-52-50(54-51(53-49)48-19-9-15-37-13-6-7-18-47(37)48)46-17-8-16-40(33-46)41-26-27-45-32-44(29-28-43(45)31-41)42-25-22-35-12-4-5-14-39(35)30-42/h1-35H;1-33H. The second kappa shape index (κ2) is 29.3. The molecule has 0 unspecified atom stereocenters. The average molecular weight is 1400 g/mol. The summed E-state index contributed by atoms with van der Waals surface area (Å²) in [4.78, 5) is 30.6. The molecule has 0 saturated heterocycles. The highest BCUT2D eigenvalue weighted by molar-refractivity contribution is 5.98. The Morgan fingerprint density at radius 1 is 0.109 bits per heavy atom. The fourth-order valence-electron chi connectivity index (χ4n) is 14.9. The first kappa shape index (κ1) is 66.0. The van der Waals surface area contributed by atoms with Gasteiger partial charge in [-0.05, 0) is 186 Å². The first-order chi connectivity index (χ1) is 54.4. The summed E-state index contributed by atoms with van der Waals surface area (Å²) in [5, 5.41) is 12.1. The van der Waals surface area contributed by atoms with Crippen LogP contribution in [0.3, 0.4) is 0 Å². The molecule has 0 radical (unpaired) electrons. The molecule has 2 aromatic heterocycles. The second-order valence-corrected chi connectivity index (χ2v) is 27.8. The van der Waals surface area contributed by atoms with E-state index in [9.17, 15) is 0 Å². The average Bonchev–Trinajstić information content (AvgIpc) is 0.790. The molecule has 0 aliphatic rings. The van der Waals surface area contributed by atoms with Crippen LogP contribution in [0.25, 0.3) is 200 Å². The van der Waals surface area contributed by atoms with Crippen LogP contribution in [0.4, 0.5) is 0 Å². The number of benzene rings is 18. The first-order valence-electron chi connectivity index (χ1n) is 37.2. The van der Waals surface area contributed by atoms with Gasteiger partial charge in [0.25, 0.3) is 0 Å². The van der Waals surface area contributed by atoms with E-state index < -0.39 is 0 Å². The van der Waals surface area contributed by atoms with Crippen molar-refractivity contribution in [2.45, 2.75) is 0 Å². The molecule has 0 bridgehead atoms. The van der Waals surface area contributed by atoms with Crippen LogP contribution in [-0.2, 0) is 0 Å². The van der Waals surface area contributed by atoms with Crippen LogP contribution < -0.4 is 0 Å². The third-order valence-electron chi connectivity index (χ3n) is 20.8. The normalized spacial score (nSPS) is 11.3. The topological polar surface area (TPSA) is 77.3 Å². The van der Waals surface area contributed by atoms with Crippen LogP contribution in [0.1, 0.15) is 0 Å². The molecule has 0 aliphatic carbocycles. The maximum Gasteiger partial charge on any atom is 0.164 e. The smallest absolute Gasteiger partial charge is 0.164 e. The molecule has 20 rings (SSSR count). The number of rotatable bonds is 13. The number of fused-ring (bicyclic) bond motifs is 5. The molecule has 6 nitrogen and oxygen atoms in total. The number of hydrogen-bond donors (Lipinski definition) is 0. The lowest BCUT2D eigenvalue weighted by molar-refractivity contribution is 1.07. The van der Waals surface area contributed by atoms with Gasteiger partial charge in [-0.3, -0.25) is 0 Å². The van der Waals surface area contributed by atoms with E-state index >= 15 is 0 Å². The lowest BCUT2D eigenvalue weighted by Gasteiger charge is -2.12. The molecule has 0 atom stereocenters. The van der Waals surface area contributed by atoms with Crippen molar-refractivity contribution in [3.63, 3.8) is 0 Å². The fourth-order valence-corrected chi connectivity index (χ4v) is 14.9. The van der Waals surface area contributed by atoms with Gasteiger partial charge in [-0.1, -0.05) is 358 Å². The van der Waals surface area contributed by atoms with E-state index in [0.717, 1.165) is 88.7 Å². The molecule has 0 amide bonds. The monoisotopic (exact) mass is 1400 g/mol. The van der Waals surface area contributed by atoms with Crippen LogP contribution in [0.15, 0.2) is 413 Å². The highest BCUT2D eigenvalue weighted by atomic mass is 15.0. The van der Waals surface area contributed by atoms with E-state index in [1.54, 1.807) is 0 Å². The van der Waals surface area contributed by atoms with Crippen LogP contribution in [0.2, 0.25) is 0 Å². The Morgan fingerprint density at radius 2 is 0.318 bits per heavy atom. The van der Waals surface area contributed by atoms with Gasteiger partial charge in [-0.25, -0.2) is 29.9 Å². The minimum Gasteiger partial charge on any atom is -0.208 e. The van der Waals surface area contributed by atoms with Crippen molar-refractivity contribution in [2.24, 2.45) is 0 Å². The Labute approximate surface area is 638 Å². The lowest BCUT2D eigenvalue weighted by atomic mass is 9.96. The number of nitrogens with zero attached hydrogens (tertiary/aromatic N) is 6. The summed E-state index contributed by atoms with van der Waals surface area (Å²) in [6, 6.07) is 146. The second-order valence-electron chi connectivity index (χ2n) is 27.8. The number of aromatic nitrogens is 6. The van der Waals surface area contributed by atoms with Crippen molar-refractivity contribution in [1.82, 2.24) is 29.9 Å². The Hall–Kier alpha value is -14.7. The lowest BCUT2D eigenvalue weighted by Crippen LogP contribution is -2.00. The molecule has 0 N–H and O–H groups in total. The van der Waals surface area contributed by atoms with Crippen molar-refractivity contribution in [3.05, 3.63) is 413 Å². The molecule has 6 heteroatoms. The van der Waals surface area contributed by atoms with Crippen LogP contribution in [0.5, 0.6) is 0 Å². The highest BCUT2D eigenvalue weighted by Crippen LogP contribution is 2.38. The summed E-state index contributed by atoms with van der Waals surface area (Å²) >= 11 is 0. The molecule has 0 spiro atoms. The summed E-state index contributed by atoms with van der Waals surface area (Å²) in [7, 11) is 0. The Balaban J connectivity index is 0.000000149. The molecule has 18 aromatic carbocycles. The number of hydrogen-bond acceptors (Lipinski definition) is 6. The molecule has 2 heterocycles. The molecular formula is C104H68N6. The van der Waals surface area contributed by atoms with Crippen LogP contribution in [0, 0.1) is 0 Å². The van der Waals surface area contributed by atoms with Crippen LogP contribution >= 0.6 is 0 Å². The summed E-state index contributed by atoms with van der Waals surface area (Å²) in [6.45, 7) is 0. The van der Waals surface area contributed by atoms with Gasteiger partial charge in [0.15, 0.2) is 34.9 Å². The zero-order chi connectivity index (χ0) is 73.1. The zero-order valence-corrected chi connectivity index (χ0v) is 59.9. The van der Waals surface area contributed by atoms with Gasteiger partial charge in [-0.15, -0.1) is 0 Å². The van der Waals surface area contributed by atoms with Gasteiger partial charge in [0.05, 0.1) is 0 Å². The van der Waals surface area contributed by atoms with E-state index in [1.165, 1.54) is 76.5 Å². The Morgan fingerprint density at radius 3 is 0.691 bits per heavy atom. The van der Waals surface area contributed by atoms with Crippen molar-refractivity contribution in [2.75, 3.05) is 0 Å². The van der Waals surface area contributed by atoms with Crippen molar-refractivity contribution >= 4 is 53.9 Å². The van der Waals surface area contributed by atoms with E-state index in [1.807, 2.05) is 18.2 Å². The van der Waals surface area contributed by atoms with E-state index in [-0.39, 0.29) is 0 Å². The minimum atomic E-state index is 0.630. The highest BCUT2D eigenvalue weighted by Gasteiger charge is 2.19. The third kappa shape index (κ3) is 13.8. The summed E-state index contributed by atoms with van der Waals surface area (Å²) in [5.41, 5.74) is 21.9. The zero-order valence-electron chi connectivity index (χ0n) is 59.9. The SMILES string of the molecule is c1ccc(-c2ccc(-c3nc(-c4cccc(-c5ccc6cc(-c7ccc8ccccc8c7)ccc6c5)c4)nc(-c4cccc5ccccc45)n3)cc2)cc1.c1ccc(-c2ccc(-c3nc(-c4cccc(-c5ccccc5)c4)nc(-c4cccc(-c5ccc6cc(-c7ccc8ccccc8c7)ccc6c5)c4)n3)cc2)cc1. The maximum absolute atomic E-state index is 5.13. The Bertz CT molecular complexity index is 6810. The molecule has 514 valence electrons. The summed E-state index contributed by atoms with van der Waals surface area (Å²) in [5.74, 6) is 3.82. The molecule has 0 fully saturated rings. The predicted molar refractivity (Wildman–Crippen MR) is 458 cm³/mol. The molecule has 110 heavy (non-hydrogen) atoms. The van der Waals surface area contributed by atoms with Crippen molar-refractivity contribution in [3.8, 4) is 146 Å². The predicted octanol–water partition coefficient (Wildman–Crippen LogP) is 27.2. The first-order valence-corrected chi connectivity index (χ1v) is 37.2. The van der Waals surface area contributed by atoms with Gasteiger partial charge in [0, 0.05) is 33.4 Å². The summed E-state index contributed by atoms with van der Waals surface area (Å²) < 4.78 is 0. The van der Waals surface area contributed by atoms with E-state index in [2.05, 4.69) is 394 Å². The molecule has 0 saturated carbocycles. The van der Waals surface area contributed by atoms with Gasteiger partial charge in [0.1, 0.15) is 0 Å². The molecule has 0 aliphatic heterocycles. The molecular weight excluding hydrogens is 1330 g/mol. The van der Waals surface area contributed by atoms with Gasteiger partial charge in [0.2, 0.25) is 0 Å². The van der Waals surface area contributed by atoms with Crippen molar-refractivity contribution < 1.29 is 0 Å². The van der Waals surface area contributed by atoms with Crippen molar-refractivity contribution in [1.29, 1.82) is 0 Å².